The van der Waals surface area contributed by atoms with Gasteiger partial charge in [0.15, 0.2) is 0 Å². The van der Waals surface area contributed by atoms with Crippen molar-refractivity contribution in [3.63, 3.8) is 0 Å². The molecule has 0 spiro atoms. The normalized spacial score (nSPS) is 11.5. The van der Waals surface area contributed by atoms with Gasteiger partial charge >= 0.3 is 5.97 Å². The van der Waals surface area contributed by atoms with Gasteiger partial charge in [0.2, 0.25) is 0 Å². The average Bonchev–Trinajstić information content (AvgIpc) is 2.63. The van der Waals surface area contributed by atoms with E-state index in [1.165, 1.54) is 13.3 Å². The summed E-state index contributed by atoms with van der Waals surface area (Å²) in [7, 11) is 1.31. The van der Waals surface area contributed by atoms with Crippen LogP contribution in [-0.4, -0.2) is 30.0 Å². The van der Waals surface area contributed by atoms with Gasteiger partial charge in [0, 0.05) is 12.2 Å². The minimum absolute atomic E-state index is 0.102. The highest BCUT2D eigenvalue weighted by Crippen LogP contribution is 2.26. The van der Waals surface area contributed by atoms with Gasteiger partial charge in [-0.25, -0.2) is 9.78 Å². The lowest BCUT2D eigenvalue weighted by Crippen LogP contribution is -2.31. The van der Waals surface area contributed by atoms with E-state index in [-0.39, 0.29) is 11.9 Å². The van der Waals surface area contributed by atoms with Crippen molar-refractivity contribution in [2.45, 2.75) is 26.3 Å². The third-order valence-corrected chi connectivity index (χ3v) is 4.00. The van der Waals surface area contributed by atoms with Crippen LogP contribution in [0.4, 0.5) is 11.5 Å². The summed E-state index contributed by atoms with van der Waals surface area (Å²) in [5, 5.41) is 6.34. The topological polar surface area (TPSA) is 80.3 Å². The molecule has 2 aromatic rings. The Bertz CT molecular complexity index is 763. The summed E-state index contributed by atoms with van der Waals surface area (Å²) in [6, 6.07) is 8.21. The van der Waals surface area contributed by atoms with Crippen LogP contribution < -0.4 is 10.6 Å². The van der Waals surface area contributed by atoms with E-state index in [4.69, 9.17) is 16.3 Å². The van der Waals surface area contributed by atoms with Gasteiger partial charge in [0.1, 0.15) is 5.82 Å². The lowest BCUT2D eigenvalue weighted by Gasteiger charge is -2.12. The second-order valence-electron chi connectivity index (χ2n) is 5.53. The minimum Gasteiger partial charge on any atom is -0.465 e. The van der Waals surface area contributed by atoms with Crippen molar-refractivity contribution in [3.05, 3.63) is 52.7 Å². The molecule has 1 aromatic heterocycles. The fourth-order valence-electron chi connectivity index (χ4n) is 2.02. The number of nitrogens with zero attached hydrogens (tertiary/aromatic N) is 1. The lowest BCUT2D eigenvalue weighted by atomic mass is 10.2. The van der Waals surface area contributed by atoms with Gasteiger partial charge < -0.3 is 15.4 Å². The van der Waals surface area contributed by atoms with Crippen molar-refractivity contribution in [2.75, 3.05) is 12.4 Å². The number of amides is 1. The van der Waals surface area contributed by atoms with Gasteiger partial charge in [-0.15, -0.1) is 0 Å². The Hall–Kier alpha value is -2.60. The zero-order chi connectivity index (χ0) is 18.4. The highest BCUT2D eigenvalue weighted by Gasteiger charge is 2.11. The summed E-state index contributed by atoms with van der Waals surface area (Å²) in [6.07, 6.45) is 2.34. The molecule has 0 aliphatic heterocycles. The number of pyridine rings is 1. The van der Waals surface area contributed by atoms with Gasteiger partial charge in [0.25, 0.3) is 5.91 Å². The van der Waals surface area contributed by atoms with E-state index >= 15 is 0 Å². The number of anilines is 2. The third-order valence-electron chi connectivity index (χ3n) is 3.67. The van der Waals surface area contributed by atoms with E-state index in [1.807, 2.05) is 13.8 Å². The quantitative estimate of drug-likeness (QED) is 0.765. The summed E-state index contributed by atoms with van der Waals surface area (Å²) in [5.74, 6) is -0.118. The monoisotopic (exact) mass is 361 g/mol. The first-order chi connectivity index (χ1) is 11.9. The van der Waals surface area contributed by atoms with Gasteiger partial charge in [-0.2, -0.15) is 0 Å². The van der Waals surface area contributed by atoms with Crippen LogP contribution in [0.5, 0.6) is 0 Å². The molecule has 0 saturated carbocycles. The van der Waals surface area contributed by atoms with Crippen LogP contribution in [0, 0.1) is 0 Å². The molecule has 2 rings (SSSR count). The number of methoxy groups -OCH3 is 1. The highest BCUT2D eigenvalue weighted by atomic mass is 35.5. The summed E-state index contributed by atoms with van der Waals surface area (Å²) >= 11 is 6.14. The first kappa shape index (κ1) is 18.7. The second-order valence-corrected chi connectivity index (χ2v) is 5.93. The molecule has 2 N–H and O–H groups in total. The van der Waals surface area contributed by atoms with Crippen LogP contribution in [0.1, 0.15) is 41.0 Å². The van der Waals surface area contributed by atoms with Crippen molar-refractivity contribution in [2.24, 2.45) is 0 Å². The van der Waals surface area contributed by atoms with E-state index in [9.17, 15) is 9.59 Å². The van der Waals surface area contributed by atoms with E-state index in [2.05, 4.69) is 15.6 Å². The summed E-state index contributed by atoms with van der Waals surface area (Å²) in [6.45, 7) is 3.94. The molecule has 7 heteroatoms. The Morgan fingerprint density at radius 1 is 1.24 bits per heavy atom. The van der Waals surface area contributed by atoms with Crippen LogP contribution in [0.15, 0.2) is 36.5 Å². The maximum absolute atomic E-state index is 12.0. The number of halogens is 1. The molecule has 0 fully saturated rings. The Balaban J connectivity index is 2.13. The molecule has 1 atom stereocenters. The molecule has 6 nitrogen and oxygen atoms in total. The molecule has 0 saturated heterocycles. The van der Waals surface area contributed by atoms with E-state index in [0.717, 1.165) is 6.42 Å². The number of benzene rings is 1. The molecular weight excluding hydrogens is 342 g/mol. The number of rotatable bonds is 6. The Labute approximate surface area is 151 Å². The SMILES string of the molecule is CCC(C)NC(=O)c1ccc(Nc2cc(C(=O)OC)ccc2Cl)nc1. The minimum atomic E-state index is -0.454. The van der Waals surface area contributed by atoms with Crippen LogP contribution in [0.25, 0.3) is 0 Å². The third kappa shape index (κ3) is 4.93. The van der Waals surface area contributed by atoms with Crippen LogP contribution in [-0.2, 0) is 4.74 Å². The molecule has 0 bridgehead atoms. The number of esters is 1. The van der Waals surface area contributed by atoms with E-state index < -0.39 is 5.97 Å². The summed E-state index contributed by atoms with van der Waals surface area (Å²) in [5.41, 5.74) is 1.37. The van der Waals surface area contributed by atoms with Crippen molar-refractivity contribution in [1.29, 1.82) is 0 Å². The van der Waals surface area contributed by atoms with Crippen LogP contribution in [0.3, 0.4) is 0 Å². The van der Waals surface area contributed by atoms with Gasteiger partial charge in [0.05, 0.1) is 28.9 Å². The second kappa shape index (κ2) is 8.48. The first-order valence-corrected chi connectivity index (χ1v) is 8.24. The number of hydrogen-bond acceptors (Lipinski definition) is 5. The predicted molar refractivity (Wildman–Crippen MR) is 97.5 cm³/mol. The maximum Gasteiger partial charge on any atom is 0.337 e. The Kier molecular flexibility index (Phi) is 6.36. The zero-order valence-electron chi connectivity index (χ0n) is 14.3. The average molecular weight is 362 g/mol. The molecule has 25 heavy (non-hydrogen) atoms. The lowest BCUT2D eigenvalue weighted by molar-refractivity contribution is 0.0600. The van der Waals surface area contributed by atoms with Crippen molar-refractivity contribution in [3.8, 4) is 0 Å². The largest absolute Gasteiger partial charge is 0.465 e. The summed E-state index contributed by atoms with van der Waals surface area (Å²) in [4.78, 5) is 27.9. The number of aromatic nitrogens is 1. The first-order valence-electron chi connectivity index (χ1n) is 7.86. The molecule has 0 aliphatic rings. The van der Waals surface area contributed by atoms with Gasteiger partial charge in [-0.1, -0.05) is 18.5 Å². The van der Waals surface area contributed by atoms with Gasteiger partial charge in [-0.05, 0) is 43.7 Å². The van der Waals surface area contributed by atoms with Crippen molar-refractivity contribution < 1.29 is 14.3 Å². The van der Waals surface area contributed by atoms with E-state index in [0.29, 0.717) is 27.7 Å². The molecule has 0 radical (unpaired) electrons. The predicted octanol–water partition coefficient (Wildman–Crippen LogP) is 3.79. The fraction of sp³-hybridized carbons (Fsp3) is 0.278. The smallest absolute Gasteiger partial charge is 0.337 e. The molecule has 1 aromatic carbocycles. The summed E-state index contributed by atoms with van der Waals surface area (Å²) < 4.78 is 4.69. The molecule has 1 unspecified atom stereocenters. The van der Waals surface area contributed by atoms with Crippen LogP contribution >= 0.6 is 11.6 Å². The molecule has 132 valence electrons. The number of hydrogen-bond donors (Lipinski definition) is 2. The van der Waals surface area contributed by atoms with E-state index in [1.54, 1.807) is 30.3 Å². The number of carbonyl (C=O) groups excluding carboxylic acids is 2. The fourth-order valence-corrected chi connectivity index (χ4v) is 2.18. The Morgan fingerprint density at radius 3 is 2.56 bits per heavy atom. The zero-order valence-corrected chi connectivity index (χ0v) is 15.1. The van der Waals surface area contributed by atoms with Crippen molar-refractivity contribution >= 4 is 35.0 Å². The molecule has 1 amide bonds. The van der Waals surface area contributed by atoms with Gasteiger partial charge in [-0.3, -0.25) is 4.79 Å². The molecular formula is C18H20ClN3O3. The standard InChI is InChI=1S/C18H20ClN3O3/c1-4-11(2)21-17(23)13-6-8-16(20-10-13)22-15-9-12(18(24)25-3)5-7-14(15)19/h5-11H,4H2,1-3H3,(H,20,22)(H,21,23). The number of nitrogens with one attached hydrogen (secondary N) is 2. The molecule has 1 heterocycles. The number of ether oxygens (including phenoxy) is 1. The maximum atomic E-state index is 12.0. The Morgan fingerprint density at radius 2 is 1.96 bits per heavy atom. The molecule has 0 aliphatic carbocycles. The number of carbonyl (C=O) groups is 2. The van der Waals surface area contributed by atoms with Crippen LogP contribution in [0.2, 0.25) is 5.02 Å². The highest BCUT2D eigenvalue weighted by molar-refractivity contribution is 6.33. The van der Waals surface area contributed by atoms with Crippen molar-refractivity contribution in [1.82, 2.24) is 10.3 Å².